The van der Waals surface area contributed by atoms with Crippen molar-refractivity contribution in [2.24, 2.45) is 0 Å². The molecule has 3 rings (SSSR count). The maximum Gasteiger partial charge on any atom is 0.226 e. The average molecular weight is 355 g/mol. The maximum absolute atomic E-state index is 12.0. The topological polar surface area (TPSA) is 88.7 Å². The lowest BCUT2D eigenvalue weighted by molar-refractivity contribution is -0.116. The lowest BCUT2D eigenvalue weighted by atomic mass is 10.2. The van der Waals surface area contributed by atoms with Crippen LogP contribution in [0.25, 0.3) is 0 Å². The van der Waals surface area contributed by atoms with E-state index in [0.717, 1.165) is 11.4 Å². The number of hydrogen-bond donors (Lipinski definition) is 3. The van der Waals surface area contributed by atoms with Gasteiger partial charge in [0.05, 0.1) is 0 Å². The van der Waals surface area contributed by atoms with Gasteiger partial charge in [0.1, 0.15) is 13.2 Å². The zero-order valence-corrected chi connectivity index (χ0v) is 14.5. The molecule has 0 fully saturated rings. The van der Waals surface area contributed by atoms with Gasteiger partial charge < -0.3 is 25.4 Å². The van der Waals surface area contributed by atoms with Crippen molar-refractivity contribution in [1.82, 2.24) is 0 Å². The van der Waals surface area contributed by atoms with Crippen molar-refractivity contribution in [1.29, 1.82) is 0 Å². The molecule has 0 unspecified atom stereocenters. The molecule has 2 amide bonds. The van der Waals surface area contributed by atoms with Gasteiger partial charge in [-0.1, -0.05) is 0 Å². The highest BCUT2D eigenvalue weighted by molar-refractivity contribution is 5.92. The first kappa shape index (κ1) is 17.6. The minimum absolute atomic E-state index is 0.0951. The second-order valence-corrected chi connectivity index (χ2v) is 5.84. The molecule has 1 heterocycles. The van der Waals surface area contributed by atoms with Gasteiger partial charge in [-0.3, -0.25) is 9.59 Å². The van der Waals surface area contributed by atoms with E-state index in [1.807, 2.05) is 18.2 Å². The maximum atomic E-state index is 12.0. The largest absolute Gasteiger partial charge is 0.486 e. The van der Waals surface area contributed by atoms with Crippen LogP contribution in [0.4, 0.5) is 17.1 Å². The Morgan fingerprint density at radius 3 is 2.19 bits per heavy atom. The van der Waals surface area contributed by atoms with E-state index in [4.69, 9.17) is 9.47 Å². The molecule has 0 saturated heterocycles. The molecule has 1 aliphatic rings. The fourth-order valence-electron chi connectivity index (χ4n) is 2.54. The lowest BCUT2D eigenvalue weighted by Gasteiger charge is -2.19. The van der Waals surface area contributed by atoms with Crippen LogP contribution in [-0.4, -0.2) is 31.6 Å². The van der Waals surface area contributed by atoms with Gasteiger partial charge in [-0.05, 0) is 36.4 Å². The smallest absolute Gasteiger partial charge is 0.226 e. The van der Waals surface area contributed by atoms with Crippen LogP contribution >= 0.6 is 0 Å². The van der Waals surface area contributed by atoms with Crippen LogP contribution in [0, 0.1) is 0 Å². The molecule has 0 saturated carbocycles. The van der Waals surface area contributed by atoms with Crippen molar-refractivity contribution >= 4 is 28.9 Å². The molecule has 2 aromatic carbocycles. The van der Waals surface area contributed by atoms with Gasteiger partial charge in [-0.2, -0.15) is 0 Å². The van der Waals surface area contributed by atoms with Crippen molar-refractivity contribution in [2.45, 2.75) is 13.3 Å². The molecular formula is C19H21N3O4. The number of hydrogen-bond acceptors (Lipinski definition) is 5. The molecule has 7 heteroatoms. The molecule has 0 radical (unpaired) electrons. The predicted octanol–water partition coefficient (Wildman–Crippen LogP) is 2.86. The average Bonchev–Trinajstić information content (AvgIpc) is 2.63. The van der Waals surface area contributed by atoms with E-state index in [0.29, 0.717) is 43.3 Å². The van der Waals surface area contributed by atoms with Crippen LogP contribution in [0.3, 0.4) is 0 Å². The van der Waals surface area contributed by atoms with E-state index in [1.165, 1.54) is 6.92 Å². The molecule has 1 aliphatic heterocycles. The third kappa shape index (κ3) is 4.89. The molecule has 26 heavy (non-hydrogen) atoms. The van der Waals surface area contributed by atoms with Crippen LogP contribution in [-0.2, 0) is 9.59 Å². The molecule has 136 valence electrons. The molecule has 3 N–H and O–H groups in total. The Labute approximate surface area is 151 Å². The summed E-state index contributed by atoms with van der Waals surface area (Å²) in [5.74, 6) is 1.22. The highest BCUT2D eigenvalue weighted by Crippen LogP contribution is 2.32. The van der Waals surface area contributed by atoms with Gasteiger partial charge in [0, 0.05) is 43.0 Å². The number of anilines is 3. The van der Waals surface area contributed by atoms with Crippen molar-refractivity contribution < 1.29 is 19.1 Å². The Morgan fingerprint density at radius 1 is 0.885 bits per heavy atom. The number of benzene rings is 2. The Morgan fingerprint density at radius 2 is 1.50 bits per heavy atom. The van der Waals surface area contributed by atoms with E-state index < -0.39 is 0 Å². The number of ether oxygens (including phenoxy) is 2. The zero-order chi connectivity index (χ0) is 18.4. The Hall–Kier alpha value is -3.22. The Bertz CT molecular complexity index is 790. The van der Waals surface area contributed by atoms with Crippen molar-refractivity contribution in [3.63, 3.8) is 0 Å². The summed E-state index contributed by atoms with van der Waals surface area (Å²) in [7, 11) is 0. The number of fused-ring (bicyclic) bond motifs is 1. The summed E-state index contributed by atoms with van der Waals surface area (Å²) in [5, 5.41) is 8.70. The number of nitrogens with one attached hydrogen (secondary N) is 3. The number of carbonyl (C=O) groups is 2. The van der Waals surface area contributed by atoms with E-state index in [2.05, 4.69) is 16.0 Å². The van der Waals surface area contributed by atoms with Gasteiger partial charge in [-0.15, -0.1) is 0 Å². The predicted molar refractivity (Wildman–Crippen MR) is 99.9 cm³/mol. The first-order valence-electron chi connectivity index (χ1n) is 8.41. The summed E-state index contributed by atoms with van der Waals surface area (Å²) in [5.41, 5.74) is 2.25. The Kier molecular flexibility index (Phi) is 5.58. The minimum Gasteiger partial charge on any atom is -0.486 e. The third-order valence-electron chi connectivity index (χ3n) is 3.71. The van der Waals surface area contributed by atoms with Crippen LogP contribution in [0.1, 0.15) is 13.3 Å². The second-order valence-electron chi connectivity index (χ2n) is 5.84. The van der Waals surface area contributed by atoms with Gasteiger partial charge in [0.25, 0.3) is 0 Å². The van der Waals surface area contributed by atoms with E-state index >= 15 is 0 Å². The van der Waals surface area contributed by atoms with Gasteiger partial charge in [0.2, 0.25) is 11.8 Å². The normalized spacial score (nSPS) is 12.2. The lowest BCUT2D eigenvalue weighted by Crippen LogP contribution is -2.17. The van der Waals surface area contributed by atoms with E-state index in [-0.39, 0.29) is 11.8 Å². The molecule has 0 atom stereocenters. The number of amides is 2. The molecule has 0 aromatic heterocycles. The van der Waals surface area contributed by atoms with Gasteiger partial charge in [-0.25, -0.2) is 0 Å². The first-order valence-corrected chi connectivity index (χ1v) is 8.41. The summed E-state index contributed by atoms with van der Waals surface area (Å²) in [6.45, 7) is 3.05. The minimum atomic E-state index is -0.132. The van der Waals surface area contributed by atoms with E-state index in [1.54, 1.807) is 24.3 Å². The molecule has 2 aromatic rings. The summed E-state index contributed by atoms with van der Waals surface area (Å²) in [6, 6.07) is 12.6. The first-order chi connectivity index (χ1) is 12.6. The summed E-state index contributed by atoms with van der Waals surface area (Å²) < 4.78 is 11.0. The summed E-state index contributed by atoms with van der Waals surface area (Å²) in [6.07, 6.45) is 0.321. The highest BCUT2D eigenvalue weighted by atomic mass is 16.6. The standard InChI is InChI=1S/C19H21N3O4/c1-13(23)21-14-2-4-15(5-3-14)22-19(24)8-9-20-16-6-7-17-18(12-16)26-11-10-25-17/h2-7,12,20H,8-11H2,1H3,(H,21,23)(H,22,24). The van der Waals surface area contributed by atoms with Crippen LogP contribution in [0.5, 0.6) is 11.5 Å². The molecule has 0 bridgehead atoms. The van der Waals surface area contributed by atoms with E-state index in [9.17, 15) is 9.59 Å². The molecule has 7 nitrogen and oxygen atoms in total. The van der Waals surface area contributed by atoms with Gasteiger partial charge >= 0.3 is 0 Å². The number of carbonyl (C=O) groups excluding carboxylic acids is 2. The quantitative estimate of drug-likeness (QED) is 0.741. The fraction of sp³-hybridized carbons (Fsp3) is 0.263. The summed E-state index contributed by atoms with van der Waals surface area (Å²) >= 11 is 0. The zero-order valence-electron chi connectivity index (χ0n) is 14.5. The van der Waals surface area contributed by atoms with Crippen LogP contribution in [0.15, 0.2) is 42.5 Å². The molecular weight excluding hydrogens is 334 g/mol. The highest BCUT2D eigenvalue weighted by Gasteiger charge is 2.11. The number of rotatable bonds is 6. The van der Waals surface area contributed by atoms with Crippen LogP contribution in [0.2, 0.25) is 0 Å². The monoisotopic (exact) mass is 355 g/mol. The van der Waals surface area contributed by atoms with Crippen molar-refractivity contribution in [2.75, 3.05) is 35.7 Å². The van der Waals surface area contributed by atoms with Crippen LogP contribution < -0.4 is 25.4 Å². The molecule has 0 spiro atoms. The van der Waals surface area contributed by atoms with Crippen molar-refractivity contribution in [3.05, 3.63) is 42.5 Å². The van der Waals surface area contributed by atoms with Crippen molar-refractivity contribution in [3.8, 4) is 11.5 Å². The Balaban J connectivity index is 1.45. The molecule has 0 aliphatic carbocycles. The second kappa shape index (κ2) is 8.24. The SMILES string of the molecule is CC(=O)Nc1ccc(NC(=O)CCNc2ccc3c(c2)OCCO3)cc1. The fourth-order valence-corrected chi connectivity index (χ4v) is 2.54. The third-order valence-corrected chi connectivity index (χ3v) is 3.71. The van der Waals surface area contributed by atoms with Gasteiger partial charge in [0.15, 0.2) is 11.5 Å². The summed E-state index contributed by atoms with van der Waals surface area (Å²) in [4.78, 5) is 23.0.